The maximum absolute atomic E-state index is 13.2. The van der Waals surface area contributed by atoms with Crippen LogP contribution in [0.4, 0.5) is 4.39 Å². The monoisotopic (exact) mass is 368 g/mol. The van der Waals surface area contributed by atoms with Gasteiger partial charge < -0.3 is 9.80 Å². The van der Waals surface area contributed by atoms with Gasteiger partial charge in [0.05, 0.1) is 13.6 Å². The molecule has 0 saturated carbocycles. The quantitative estimate of drug-likeness (QED) is 0.630. The van der Waals surface area contributed by atoms with Crippen molar-refractivity contribution in [1.82, 2.24) is 20.2 Å². The number of hydrogen-bond acceptors (Lipinski definition) is 3. The van der Waals surface area contributed by atoms with E-state index in [0.717, 1.165) is 37.6 Å². The third-order valence-corrected chi connectivity index (χ3v) is 5.35. The van der Waals surface area contributed by atoms with Gasteiger partial charge >= 0.3 is 0 Å². The van der Waals surface area contributed by atoms with Gasteiger partial charge in [-0.15, -0.1) is 5.10 Å². The van der Waals surface area contributed by atoms with Gasteiger partial charge in [-0.2, -0.15) is 0 Å². The second-order valence-corrected chi connectivity index (χ2v) is 7.28. The molecule has 0 unspecified atom stereocenters. The molecule has 2 aromatic carbocycles. The third kappa shape index (κ3) is 4.04. The summed E-state index contributed by atoms with van der Waals surface area (Å²) in [6.07, 6.45) is 0. The van der Waals surface area contributed by atoms with Crippen molar-refractivity contribution in [2.75, 3.05) is 33.2 Å². The van der Waals surface area contributed by atoms with Gasteiger partial charge in [-0.3, -0.25) is 0 Å². The number of nitrogens with zero attached hydrogens (tertiary/aromatic N) is 4. The smallest absolute Gasteiger partial charge is 0.214 e. The molecule has 0 aliphatic carbocycles. The normalized spacial score (nSPS) is 21.1. The van der Waals surface area contributed by atoms with E-state index >= 15 is 0 Å². The fourth-order valence-corrected chi connectivity index (χ4v) is 3.79. The molecule has 7 heteroatoms. The summed E-state index contributed by atoms with van der Waals surface area (Å²) >= 11 is 0. The molecule has 1 aliphatic rings. The van der Waals surface area contributed by atoms with Crippen molar-refractivity contribution >= 4 is 0 Å². The number of rotatable bonds is 5. The Balaban J connectivity index is 1.66. The molecule has 4 rings (SSSR count). The molecule has 2 N–H and O–H groups in total. The Bertz CT molecular complexity index is 856. The first-order chi connectivity index (χ1) is 13.2. The average molecular weight is 368 g/mol. The Morgan fingerprint density at radius 3 is 2.41 bits per heavy atom. The number of nitrogens with one attached hydrogen (secondary N) is 2. The summed E-state index contributed by atoms with van der Waals surface area (Å²) in [5.74, 6) is 0.627. The van der Waals surface area contributed by atoms with Gasteiger partial charge in [-0.05, 0) is 28.1 Å². The number of piperazine rings is 1. The lowest BCUT2D eigenvalue weighted by Gasteiger charge is -2.32. The Hall–Kier alpha value is -2.64. The maximum Gasteiger partial charge on any atom is 0.214 e. The Kier molecular flexibility index (Phi) is 5.22. The molecule has 3 aromatic rings. The van der Waals surface area contributed by atoms with Crippen molar-refractivity contribution in [2.45, 2.75) is 12.6 Å². The van der Waals surface area contributed by atoms with E-state index in [1.54, 1.807) is 17.0 Å². The van der Waals surface area contributed by atoms with Crippen LogP contribution in [0.5, 0.6) is 0 Å². The summed E-state index contributed by atoms with van der Waals surface area (Å²) in [7, 11) is 2.24. The van der Waals surface area contributed by atoms with Crippen LogP contribution in [0.3, 0.4) is 0 Å². The fraction of sp³-hybridized carbons (Fsp3) is 0.350. The topological polar surface area (TPSA) is 52.5 Å². The number of likely N-dealkylation sites (N-methyl/N-ethyl adjacent to an activating group) is 1. The zero-order valence-electron chi connectivity index (χ0n) is 15.5. The van der Waals surface area contributed by atoms with Gasteiger partial charge in [0.25, 0.3) is 0 Å². The highest BCUT2D eigenvalue weighted by Crippen LogP contribution is 2.17. The van der Waals surface area contributed by atoms with E-state index in [1.165, 1.54) is 22.6 Å². The average Bonchev–Trinajstić information content (AvgIpc) is 3.14. The zero-order valence-corrected chi connectivity index (χ0v) is 15.5. The van der Waals surface area contributed by atoms with E-state index in [0.29, 0.717) is 6.54 Å². The maximum atomic E-state index is 13.2. The van der Waals surface area contributed by atoms with E-state index in [2.05, 4.69) is 46.8 Å². The van der Waals surface area contributed by atoms with Gasteiger partial charge in [0.2, 0.25) is 5.82 Å². The standard InChI is InChI=1S/C20H23FN6/c1-25-11-13-26(14-12-25)19(17-5-3-2-4-6-17)20-22-23-24-27(20)15-16-7-9-18(21)10-8-16/h2-10,19H,11-15H2,1H3/p+2/t19-/m0/s1. The SMILES string of the molecule is C[NH+]1CC[NH+]([C@@H](c2ccccc2)c2nnnn2Cc2ccc(F)cc2)CC1. The number of quaternary nitrogens is 2. The van der Waals surface area contributed by atoms with Crippen molar-refractivity contribution in [1.29, 1.82) is 0 Å². The summed E-state index contributed by atoms with van der Waals surface area (Å²) in [4.78, 5) is 3.05. The van der Waals surface area contributed by atoms with Crippen LogP contribution in [0.2, 0.25) is 0 Å². The molecule has 1 fully saturated rings. The Morgan fingerprint density at radius 2 is 1.70 bits per heavy atom. The molecule has 27 heavy (non-hydrogen) atoms. The Labute approximate surface area is 158 Å². The highest BCUT2D eigenvalue weighted by molar-refractivity contribution is 5.23. The van der Waals surface area contributed by atoms with Crippen LogP contribution in [0.15, 0.2) is 54.6 Å². The first kappa shape index (κ1) is 17.8. The van der Waals surface area contributed by atoms with Gasteiger partial charge in [-0.1, -0.05) is 42.5 Å². The summed E-state index contributed by atoms with van der Waals surface area (Å²) in [5.41, 5.74) is 2.21. The van der Waals surface area contributed by atoms with Crippen LogP contribution < -0.4 is 9.80 Å². The van der Waals surface area contributed by atoms with Crippen LogP contribution in [-0.2, 0) is 6.54 Å². The molecular weight excluding hydrogens is 343 g/mol. The highest BCUT2D eigenvalue weighted by atomic mass is 19.1. The van der Waals surface area contributed by atoms with Crippen LogP contribution in [0, 0.1) is 5.82 Å². The van der Waals surface area contributed by atoms with Crippen LogP contribution in [-0.4, -0.2) is 53.4 Å². The second kappa shape index (κ2) is 7.94. The predicted molar refractivity (Wildman–Crippen MR) is 98.9 cm³/mol. The van der Waals surface area contributed by atoms with Gasteiger partial charge in [0.1, 0.15) is 32.0 Å². The van der Waals surface area contributed by atoms with E-state index in [9.17, 15) is 4.39 Å². The van der Waals surface area contributed by atoms with E-state index in [4.69, 9.17) is 0 Å². The summed E-state index contributed by atoms with van der Waals surface area (Å²) in [6.45, 7) is 4.96. The third-order valence-electron chi connectivity index (χ3n) is 5.35. The van der Waals surface area contributed by atoms with Crippen molar-refractivity contribution in [3.63, 3.8) is 0 Å². The first-order valence-corrected chi connectivity index (χ1v) is 9.42. The van der Waals surface area contributed by atoms with Crippen molar-refractivity contribution in [2.24, 2.45) is 0 Å². The predicted octanol–water partition coefficient (Wildman–Crippen LogP) is -0.637. The van der Waals surface area contributed by atoms with Crippen LogP contribution in [0.1, 0.15) is 23.0 Å². The molecule has 0 radical (unpaired) electrons. The number of tetrazole rings is 1. The zero-order chi connectivity index (χ0) is 18.6. The molecule has 1 aliphatic heterocycles. The Morgan fingerprint density at radius 1 is 1.00 bits per heavy atom. The molecule has 0 spiro atoms. The van der Waals surface area contributed by atoms with Gasteiger partial charge in [0, 0.05) is 5.56 Å². The molecule has 1 aromatic heterocycles. The first-order valence-electron chi connectivity index (χ1n) is 9.42. The molecule has 140 valence electrons. The fourth-order valence-electron chi connectivity index (χ4n) is 3.79. The highest BCUT2D eigenvalue weighted by Gasteiger charge is 2.34. The molecule has 0 amide bonds. The lowest BCUT2D eigenvalue weighted by atomic mass is 10.0. The number of benzene rings is 2. The van der Waals surface area contributed by atoms with Crippen molar-refractivity contribution in [3.8, 4) is 0 Å². The molecule has 0 bridgehead atoms. The van der Waals surface area contributed by atoms with Crippen molar-refractivity contribution in [3.05, 3.63) is 77.4 Å². The summed E-state index contributed by atoms with van der Waals surface area (Å²) < 4.78 is 15.1. The number of halogens is 1. The van der Waals surface area contributed by atoms with E-state index in [-0.39, 0.29) is 11.9 Å². The number of hydrogen-bond donors (Lipinski definition) is 2. The molecular formula is C20H25FN6+2. The van der Waals surface area contributed by atoms with Crippen LogP contribution >= 0.6 is 0 Å². The van der Waals surface area contributed by atoms with Crippen LogP contribution in [0.25, 0.3) is 0 Å². The molecule has 2 heterocycles. The minimum atomic E-state index is -0.234. The van der Waals surface area contributed by atoms with E-state index < -0.39 is 0 Å². The lowest BCUT2D eigenvalue weighted by Crippen LogP contribution is -3.27. The van der Waals surface area contributed by atoms with Gasteiger partial charge in [-0.25, -0.2) is 9.07 Å². The molecule has 1 saturated heterocycles. The largest absolute Gasteiger partial charge is 0.328 e. The summed E-state index contributed by atoms with van der Waals surface area (Å²) in [6, 6.07) is 17.1. The molecule has 6 nitrogen and oxygen atoms in total. The minimum Gasteiger partial charge on any atom is -0.328 e. The minimum absolute atomic E-state index is 0.0924. The van der Waals surface area contributed by atoms with Crippen molar-refractivity contribution < 1.29 is 14.2 Å². The van der Waals surface area contributed by atoms with E-state index in [1.807, 2.05) is 10.7 Å². The lowest BCUT2D eigenvalue weighted by molar-refractivity contribution is -1.02. The summed E-state index contributed by atoms with van der Waals surface area (Å²) in [5, 5.41) is 12.6. The second-order valence-electron chi connectivity index (χ2n) is 7.28. The number of aromatic nitrogens is 4. The molecule has 1 atom stereocenters. The van der Waals surface area contributed by atoms with Gasteiger partial charge in [0.15, 0.2) is 6.04 Å².